The van der Waals surface area contributed by atoms with Crippen molar-refractivity contribution in [3.63, 3.8) is 0 Å². The molecule has 2 amide bonds. The van der Waals surface area contributed by atoms with Crippen LogP contribution in [0.2, 0.25) is 0 Å². The zero-order valence-corrected chi connectivity index (χ0v) is 18.8. The van der Waals surface area contributed by atoms with E-state index in [1.54, 1.807) is 33.5 Å². The number of urea groups is 1. The molecule has 4 rings (SSSR count). The number of fused-ring (bicyclic) bond motifs is 1. The highest BCUT2D eigenvalue weighted by molar-refractivity contribution is 5.78. The Morgan fingerprint density at radius 3 is 2.29 bits per heavy atom. The molecule has 172 valence electrons. The first-order chi connectivity index (χ1) is 15.0. The van der Waals surface area contributed by atoms with E-state index in [1.165, 1.54) is 12.8 Å². The van der Waals surface area contributed by atoms with Gasteiger partial charge in [0, 0.05) is 25.7 Å². The van der Waals surface area contributed by atoms with E-state index in [9.17, 15) is 9.90 Å². The molecule has 3 unspecified atom stereocenters. The zero-order valence-electron chi connectivity index (χ0n) is 18.8. The quantitative estimate of drug-likeness (QED) is 0.688. The molecule has 31 heavy (non-hydrogen) atoms. The van der Waals surface area contributed by atoms with Gasteiger partial charge in [-0.1, -0.05) is 12.8 Å². The average Bonchev–Trinajstić information content (AvgIpc) is 3.14. The topological polar surface area (TPSA) is 83.5 Å². The van der Waals surface area contributed by atoms with Crippen LogP contribution in [0.3, 0.4) is 0 Å². The molecule has 1 aliphatic carbocycles. The van der Waals surface area contributed by atoms with Crippen molar-refractivity contribution in [1.82, 2.24) is 15.1 Å². The summed E-state index contributed by atoms with van der Waals surface area (Å²) < 4.78 is 16.2. The minimum atomic E-state index is -0.664. The van der Waals surface area contributed by atoms with E-state index < -0.39 is 6.10 Å². The average molecular weight is 434 g/mol. The highest BCUT2D eigenvalue weighted by atomic mass is 16.5. The van der Waals surface area contributed by atoms with Crippen molar-refractivity contribution in [3.8, 4) is 17.2 Å². The number of β-amino-alcohol motifs (C(OH)–C–C–N with tert-alkyl or cyclic N) is 1. The maximum absolute atomic E-state index is 12.6. The van der Waals surface area contributed by atoms with Crippen molar-refractivity contribution in [2.45, 2.75) is 62.8 Å². The van der Waals surface area contributed by atoms with Crippen LogP contribution in [0.5, 0.6) is 17.2 Å². The molecule has 0 spiro atoms. The van der Waals surface area contributed by atoms with Gasteiger partial charge in [0.25, 0.3) is 0 Å². The molecule has 2 saturated heterocycles. The van der Waals surface area contributed by atoms with Crippen LogP contribution in [0, 0.1) is 0 Å². The fraction of sp³-hybridized carbons (Fsp3) is 0.696. The number of carbonyl (C=O) groups is 1. The predicted octanol–water partition coefficient (Wildman–Crippen LogP) is 2.55. The van der Waals surface area contributed by atoms with Gasteiger partial charge in [-0.3, -0.25) is 0 Å². The van der Waals surface area contributed by atoms with Gasteiger partial charge >= 0.3 is 6.03 Å². The van der Waals surface area contributed by atoms with E-state index in [4.69, 9.17) is 14.2 Å². The van der Waals surface area contributed by atoms with Gasteiger partial charge in [0.1, 0.15) is 0 Å². The van der Waals surface area contributed by atoms with Gasteiger partial charge < -0.3 is 34.4 Å². The Kier molecular flexibility index (Phi) is 6.77. The number of piperidine rings is 1. The van der Waals surface area contributed by atoms with Crippen LogP contribution < -0.4 is 19.5 Å². The Labute approximate surface area is 184 Å². The fourth-order valence-corrected chi connectivity index (χ4v) is 5.46. The lowest BCUT2D eigenvalue weighted by atomic mass is 9.89. The number of aliphatic hydroxyl groups excluding tert-OH is 1. The highest BCUT2D eigenvalue weighted by Crippen LogP contribution is 2.40. The summed E-state index contributed by atoms with van der Waals surface area (Å²) in [4.78, 5) is 17.0. The number of rotatable bonds is 7. The maximum Gasteiger partial charge on any atom is 0.318 e. The van der Waals surface area contributed by atoms with Crippen LogP contribution in [0.1, 0.15) is 50.2 Å². The highest BCUT2D eigenvalue weighted by Gasteiger charge is 2.44. The number of amides is 2. The van der Waals surface area contributed by atoms with Gasteiger partial charge in [0.15, 0.2) is 11.5 Å². The van der Waals surface area contributed by atoms with E-state index in [-0.39, 0.29) is 6.03 Å². The number of carbonyl (C=O) groups excluding carboxylic acids is 1. The molecule has 2 heterocycles. The second kappa shape index (κ2) is 9.53. The summed E-state index contributed by atoms with van der Waals surface area (Å²) in [5.41, 5.74) is 0.737. The van der Waals surface area contributed by atoms with Crippen molar-refractivity contribution < 1.29 is 24.1 Å². The third-order valence-corrected chi connectivity index (χ3v) is 7.08. The van der Waals surface area contributed by atoms with E-state index in [1.807, 2.05) is 0 Å². The van der Waals surface area contributed by atoms with Crippen LogP contribution in [0.4, 0.5) is 4.79 Å². The Morgan fingerprint density at radius 1 is 1.03 bits per heavy atom. The number of methoxy groups -OCH3 is 3. The molecule has 2 N–H and O–H groups in total. The van der Waals surface area contributed by atoms with Gasteiger partial charge in [-0.05, 0) is 43.4 Å². The van der Waals surface area contributed by atoms with Gasteiger partial charge in [-0.15, -0.1) is 0 Å². The largest absolute Gasteiger partial charge is 0.493 e. The van der Waals surface area contributed by atoms with E-state index in [0.717, 1.165) is 44.3 Å². The standard InChI is InChI=1S/C23H35N3O5/c1-29-20-12-15(13-21(30-2)22(20)31-3)19(27)14-25-10-8-16(9-11-25)26-18-7-5-4-6-17(18)24-23(26)28/h12-13,16-19,27H,4-11,14H2,1-3H3,(H,24,28). The van der Waals surface area contributed by atoms with Crippen molar-refractivity contribution in [1.29, 1.82) is 0 Å². The van der Waals surface area contributed by atoms with Crippen molar-refractivity contribution in [2.24, 2.45) is 0 Å². The smallest absolute Gasteiger partial charge is 0.318 e. The SMILES string of the molecule is COc1cc(C(O)CN2CCC(N3C(=O)NC4CCCCC43)CC2)cc(OC)c1OC. The minimum absolute atomic E-state index is 0.118. The molecule has 8 heteroatoms. The minimum Gasteiger partial charge on any atom is -0.493 e. The zero-order chi connectivity index (χ0) is 22.0. The first-order valence-electron chi connectivity index (χ1n) is 11.3. The van der Waals surface area contributed by atoms with Crippen LogP contribution >= 0.6 is 0 Å². The number of nitrogens with one attached hydrogen (secondary N) is 1. The predicted molar refractivity (Wildman–Crippen MR) is 117 cm³/mol. The van der Waals surface area contributed by atoms with Crippen molar-refractivity contribution in [2.75, 3.05) is 41.0 Å². The van der Waals surface area contributed by atoms with E-state index in [2.05, 4.69) is 15.1 Å². The summed E-state index contributed by atoms with van der Waals surface area (Å²) in [5.74, 6) is 1.60. The fourth-order valence-electron chi connectivity index (χ4n) is 5.46. The second-order valence-electron chi connectivity index (χ2n) is 8.82. The number of nitrogens with zero attached hydrogens (tertiary/aromatic N) is 2. The van der Waals surface area contributed by atoms with Gasteiger partial charge in [0.05, 0.1) is 39.5 Å². The van der Waals surface area contributed by atoms with Crippen LogP contribution in [-0.2, 0) is 0 Å². The summed E-state index contributed by atoms with van der Waals surface area (Å²) in [5, 5.41) is 14.1. The van der Waals surface area contributed by atoms with Gasteiger partial charge in [0.2, 0.25) is 5.75 Å². The molecule has 3 aliphatic rings. The third kappa shape index (κ3) is 4.41. The maximum atomic E-state index is 12.6. The first kappa shape index (κ1) is 22.0. The number of benzene rings is 1. The normalized spacial score (nSPS) is 25.7. The Hall–Kier alpha value is -2.19. The monoisotopic (exact) mass is 433 g/mol. The Morgan fingerprint density at radius 2 is 1.68 bits per heavy atom. The first-order valence-corrected chi connectivity index (χ1v) is 11.3. The van der Waals surface area contributed by atoms with Crippen molar-refractivity contribution in [3.05, 3.63) is 17.7 Å². The summed E-state index contributed by atoms with van der Waals surface area (Å²) >= 11 is 0. The molecule has 1 aromatic carbocycles. The van der Waals surface area contributed by atoms with Crippen LogP contribution in [-0.4, -0.2) is 80.0 Å². The van der Waals surface area contributed by atoms with Gasteiger partial charge in [-0.25, -0.2) is 4.79 Å². The molecule has 0 bridgehead atoms. The lowest BCUT2D eigenvalue weighted by molar-refractivity contribution is 0.0667. The van der Waals surface area contributed by atoms with E-state index >= 15 is 0 Å². The lowest BCUT2D eigenvalue weighted by Crippen LogP contribution is -2.50. The van der Waals surface area contributed by atoms with Crippen molar-refractivity contribution >= 4 is 6.03 Å². The van der Waals surface area contributed by atoms with Crippen LogP contribution in [0.15, 0.2) is 12.1 Å². The summed E-state index contributed by atoms with van der Waals surface area (Å²) in [6.07, 6.45) is 5.87. The number of likely N-dealkylation sites (tertiary alicyclic amines) is 1. The molecular formula is C23H35N3O5. The second-order valence-corrected chi connectivity index (χ2v) is 8.82. The number of hydrogen-bond donors (Lipinski definition) is 2. The van der Waals surface area contributed by atoms with Crippen LogP contribution in [0.25, 0.3) is 0 Å². The number of aliphatic hydroxyl groups is 1. The molecule has 2 aliphatic heterocycles. The molecular weight excluding hydrogens is 398 g/mol. The summed E-state index contributed by atoms with van der Waals surface area (Å²) in [6.45, 7) is 2.27. The number of ether oxygens (including phenoxy) is 3. The molecule has 0 radical (unpaired) electrons. The third-order valence-electron chi connectivity index (χ3n) is 7.08. The molecule has 0 aromatic heterocycles. The molecule has 8 nitrogen and oxygen atoms in total. The summed E-state index contributed by atoms with van der Waals surface area (Å²) in [7, 11) is 4.71. The molecule has 1 aromatic rings. The number of hydrogen-bond acceptors (Lipinski definition) is 6. The lowest BCUT2D eigenvalue weighted by Gasteiger charge is -2.40. The summed E-state index contributed by atoms with van der Waals surface area (Å²) in [6, 6.07) is 4.71. The Bertz CT molecular complexity index is 755. The van der Waals surface area contributed by atoms with Gasteiger partial charge in [-0.2, -0.15) is 0 Å². The molecule has 3 fully saturated rings. The Balaban J connectivity index is 1.36. The van der Waals surface area contributed by atoms with E-state index in [0.29, 0.717) is 41.9 Å². The molecule has 1 saturated carbocycles. The molecule has 3 atom stereocenters.